The minimum absolute atomic E-state index is 0.126. The number of nitrogens with one attached hydrogen (secondary N) is 1. The number of ether oxygens (including phenoxy) is 2. The van der Waals surface area contributed by atoms with Crippen molar-refractivity contribution < 1.29 is 14.3 Å². The second-order valence-electron chi connectivity index (χ2n) is 7.29. The average Bonchev–Trinajstić information content (AvgIpc) is 3.10. The zero-order valence-corrected chi connectivity index (χ0v) is 18.1. The van der Waals surface area contributed by atoms with Crippen molar-refractivity contribution in [1.29, 1.82) is 0 Å². The molecule has 4 rings (SSSR count). The Bertz CT molecular complexity index is 1310. The molecule has 0 aliphatic heterocycles. The molecule has 32 heavy (non-hydrogen) atoms. The summed E-state index contributed by atoms with van der Waals surface area (Å²) in [7, 11) is 3.13. The predicted octanol–water partition coefficient (Wildman–Crippen LogP) is 3.08. The van der Waals surface area contributed by atoms with Crippen LogP contribution in [0.15, 0.2) is 71.7 Å². The smallest absolute Gasteiger partial charge is 0.335 e. The number of imidazole rings is 1. The van der Waals surface area contributed by atoms with Gasteiger partial charge in [0.25, 0.3) is 0 Å². The van der Waals surface area contributed by atoms with E-state index in [1.165, 1.54) is 9.13 Å². The third-order valence-electron chi connectivity index (χ3n) is 5.29. The quantitative estimate of drug-likeness (QED) is 0.485. The molecule has 0 spiro atoms. The van der Waals surface area contributed by atoms with E-state index in [-0.39, 0.29) is 24.2 Å². The molecule has 0 unspecified atom stereocenters. The summed E-state index contributed by atoms with van der Waals surface area (Å²) in [6, 6.07) is 18.0. The fourth-order valence-electron chi connectivity index (χ4n) is 3.68. The normalized spacial score (nSPS) is 11.8. The molecule has 0 aliphatic rings. The van der Waals surface area contributed by atoms with Crippen LogP contribution in [0.2, 0.25) is 0 Å². The van der Waals surface area contributed by atoms with Gasteiger partial charge in [-0.3, -0.25) is 9.36 Å². The number of amides is 1. The number of hydrogen-bond acceptors (Lipinski definition) is 5. The van der Waals surface area contributed by atoms with Crippen LogP contribution in [0.3, 0.4) is 0 Å². The van der Waals surface area contributed by atoms with E-state index in [2.05, 4.69) is 10.3 Å². The lowest BCUT2D eigenvalue weighted by atomic mass is 10.1. The Labute approximate surface area is 185 Å². The van der Waals surface area contributed by atoms with E-state index in [0.29, 0.717) is 28.4 Å². The highest BCUT2D eigenvalue weighted by Gasteiger charge is 2.19. The van der Waals surface area contributed by atoms with Gasteiger partial charge < -0.3 is 14.8 Å². The molecule has 1 N–H and O–H groups in total. The van der Waals surface area contributed by atoms with Crippen molar-refractivity contribution in [2.45, 2.75) is 19.5 Å². The zero-order valence-electron chi connectivity index (χ0n) is 18.1. The summed E-state index contributed by atoms with van der Waals surface area (Å²) in [6.45, 7) is 1.75. The fourth-order valence-corrected chi connectivity index (χ4v) is 3.68. The molecule has 1 atom stereocenters. The molecule has 4 aromatic rings. The molecule has 1 amide bonds. The summed E-state index contributed by atoms with van der Waals surface area (Å²) in [5.41, 5.74) is 2.33. The van der Waals surface area contributed by atoms with Gasteiger partial charge in [0, 0.05) is 6.20 Å². The van der Waals surface area contributed by atoms with Crippen LogP contribution in [-0.2, 0) is 11.3 Å². The standard InChI is InChI=1S/C24H24N4O4/c1-16(17-11-12-20(31-2)21(14-17)32-3)26-22(29)15-27-19-10-7-13-25-23(19)28(24(27)30)18-8-5-4-6-9-18/h4-14,16H,15H2,1-3H3,(H,26,29)/t16-/m0/s1. The lowest BCUT2D eigenvalue weighted by Crippen LogP contribution is -2.34. The molecule has 8 nitrogen and oxygen atoms in total. The van der Waals surface area contributed by atoms with Gasteiger partial charge in [0.05, 0.1) is 31.5 Å². The second-order valence-corrected chi connectivity index (χ2v) is 7.29. The van der Waals surface area contributed by atoms with Gasteiger partial charge in [0.2, 0.25) is 5.91 Å². The summed E-state index contributed by atoms with van der Waals surface area (Å²) < 4.78 is 13.6. The van der Waals surface area contributed by atoms with E-state index in [1.54, 1.807) is 38.6 Å². The molecule has 0 saturated carbocycles. The van der Waals surface area contributed by atoms with Crippen molar-refractivity contribution in [1.82, 2.24) is 19.4 Å². The van der Waals surface area contributed by atoms with Crippen LogP contribution in [0.1, 0.15) is 18.5 Å². The van der Waals surface area contributed by atoms with Gasteiger partial charge in [-0.1, -0.05) is 24.3 Å². The first-order valence-electron chi connectivity index (χ1n) is 10.2. The molecular formula is C24H24N4O4. The number of methoxy groups -OCH3 is 2. The highest BCUT2D eigenvalue weighted by atomic mass is 16.5. The summed E-state index contributed by atoms with van der Waals surface area (Å²) in [5, 5.41) is 2.95. The molecule has 0 fully saturated rings. The molecule has 0 saturated heterocycles. The van der Waals surface area contributed by atoms with Crippen LogP contribution in [0.4, 0.5) is 0 Å². The van der Waals surface area contributed by atoms with Crippen molar-refractivity contribution in [3.63, 3.8) is 0 Å². The van der Waals surface area contributed by atoms with Gasteiger partial charge in [-0.2, -0.15) is 0 Å². The number of rotatable bonds is 7. The van der Waals surface area contributed by atoms with E-state index < -0.39 is 0 Å². The summed E-state index contributed by atoms with van der Waals surface area (Å²) >= 11 is 0. The molecule has 164 valence electrons. The van der Waals surface area contributed by atoms with Crippen LogP contribution in [0.5, 0.6) is 11.5 Å². The SMILES string of the molecule is COc1ccc([C@H](C)NC(=O)Cn2c(=O)n(-c3ccccc3)c3ncccc32)cc1OC. The van der Waals surface area contributed by atoms with E-state index in [4.69, 9.17) is 9.47 Å². The number of aromatic nitrogens is 3. The predicted molar refractivity (Wildman–Crippen MR) is 121 cm³/mol. The van der Waals surface area contributed by atoms with Gasteiger partial charge >= 0.3 is 5.69 Å². The summed E-state index contributed by atoms with van der Waals surface area (Å²) in [6.07, 6.45) is 1.63. The van der Waals surface area contributed by atoms with Crippen molar-refractivity contribution >= 4 is 17.1 Å². The van der Waals surface area contributed by atoms with Crippen molar-refractivity contribution in [2.24, 2.45) is 0 Å². The van der Waals surface area contributed by atoms with E-state index >= 15 is 0 Å². The Morgan fingerprint density at radius 1 is 1.03 bits per heavy atom. The van der Waals surface area contributed by atoms with Crippen LogP contribution < -0.4 is 20.5 Å². The lowest BCUT2D eigenvalue weighted by molar-refractivity contribution is -0.122. The maximum absolute atomic E-state index is 13.2. The van der Waals surface area contributed by atoms with Crippen molar-refractivity contribution in [2.75, 3.05) is 14.2 Å². The molecule has 2 heterocycles. The van der Waals surface area contributed by atoms with E-state index in [9.17, 15) is 9.59 Å². The van der Waals surface area contributed by atoms with E-state index in [0.717, 1.165) is 5.56 Å². The monoisotopic (exact) mass is 432 g/mol. The number of hydrogen-bond donors (Lipinski definition) is 1. The number of benzene rings is 2. The summed E-state index contributed by atoms with van der Waals surface area (Å²) in [4.78, 5) is 30.4. The molecular weight excluding hydrogens is 408 g/mol. The first-order valence-corrected chi connectivity index (χ1v) is 10.2. The van der Waals surface area contributed by atoms with Gasteiger partial charge in [0.1, 0.15) is 6.54 Å². The van der Waals surface area contributed by atoms with E-state index in [1.807, 2.05) is 49.4 Å². The number of carbonyl (C=O) groups is 1. The number of fused-ring (bicyclic) bond motifs is 1. The average molecular weight is 432 g/mol. The maximum atomic E-state index is 13.2. The van der Waals surface area contributed by atoms with Gasteiger partial charge in [-0.25, -0.2) is 14.3 Å². The number of carbonyl (C=O) groups excluding carboxylic acids is 1. The first-order chi connectivity index (χ1) is 15.5. The molecule has 0 radical (unpaired) electrons. The highest BCUT2D eigenvalue weighted by molar-refractivity contribution is 5.80. The Balaban J connectivity index is 1.61. The number of nitrogens with zero attached hydrogens (tertiary/aromatic N) is 3. The maximum Gasteiger partial charge on any atom is 0.335 e. The van der Waals surface area contributed by atoms with Crippen molar-refractivity contribution in [3.8, 4) is 17.2 Å². The molecule has 2 aromatic heterocycles. The Morgan fingerprint density at radius 3 is 2.50 bits per heavy atom. The third-order valence-corrected chi connectivity index (χ3v) is 5.29. The van der Waals surface area contributed by atoms with Gasteiger partial charge in [-0.05, 0) is 48.9 Å². The van der Waals surface area contributed by atoms with Crippen LogP contribution in [-0.4, -0.2) is 34.2 Å². The number of para-hydroxylation sites is 1. The largest absolute Gasteiger partial charge is 0.493 e. The first kappa shape index (κ1) is 21.2. The second kappa shape index (κ2) is 8.97. The minimum atomic E-state index is -0.321. The van der Waals surface area contributed by atoms with Crippen LogP contribution in [0, 0.1) is 0 Å². The Kier molecular flexibility index (Phi) is 5.93. The Hall–Kier alpha value is -4.07. The Morgan fingerprint density at radius 2 is 1.78 bits per heavy atom. The third kappa shape index (κ3) is 3.94. The fraction of sp³-hybridized carbons (Fsp3) is 0.208. The molecule has 0 bridgehead atoms. The van der Waals surface area contributed by atoms with Crippen LogP contribution >= 0.6 is 0 Å². The molecule has 2 aromatic carbocycles. The van der Waals surface area contributed by atoms with Gasteiger partial charge in [-0.15, -0.1) is 0 Å². The van der Waals surface area contributed by atoms with Crippen LogP contribution in [0.25, 0.3) is 16.9 Å². The molecule has 0 aliphatic carbocycles. The highest BCUT2D eigenvalue weighted by Crippen LogP contribution is 2.29. The topological polar surface area (TPSA) is 87.4 Å². The zero-order chi connectivity index (χ0) is 22.7. The summed E-state index contributed by atoms with van der Waals surface area (Å²) in [5.74, 6) is 0.909. The van der Waals surface area contributed by atoms with Crippen molar-refractivity contribution in [3.05, 3.63) is 82.9 Å². The van der Waals surface area contributed by atoms with Gasteiger partial charge in [0.15, 0.2) is 17.1 Å². The number of pyridine rings is 1. The molecule has 8 heteroatoms. The lowest BCUT2D eigenvalue weighted by Gasteiger charge is -2.16. The minimum Gasteiger partial charge on any atom is -0.493 e.